The topological polar surface area (TPSA) is 107 Å². The first-order valence-electron chi connectivity index (χ1n) is 14.9. The molecule has 4 heterocycles. The lowest BCUT2D eigenvalue weighted by molar-refractivity contribution is -0.119. The highest BCUT2D eigenvalue weighted by Gasteiger charge is 2.30. The van der Waals surface area contributed by atoms with Crippen molar-refractivity contribution in [2.24, 2.45) is 0 Å². The molecule has 43 heavy (non-hydrogen) atoms. The number of aromatic nitrogens is 2. The fourth-order valence-electron chi connectivity index (χ4n) is 6.72. The second-order valence-corrected chi connectivity index (χ2v) is 12.0. The zero-order valence-electron chi connectivity index (χ0n) is 24.0. The lowest BCUT2D eigenvalue weighted by Crippen LogP contribution is -2.42. The van der Waals surface area contributed by atoms with Gasteiger partial charge in [-0.3, -0.25) is 9.59 Å². The van der Waals surface area contributed by atoms with Crippen LogP contribution in [0.4, 0.5) is 0 Å². The molecule has 1 amide bonds. The van der Waals surface area contributed by atoms with Gasteiger partial charge in [0.2, 0.25) is 17.7 Å². The second-order valence-electron chi connectivity index (χ2n) is 11.6. The van der Waals surface area contributed by atoms with E-state index in [1.165, 1.54) is 18.7 Å². The van der Waals surface area contributed by atoms with E-state index < -0.39 is 0 Å². The van der Waals surface area contributed by atoms with Gasteiger partial charge >= 0.3 is 0 Å². The molecule has 0 bridgehead atoms. The Hall–Kier alpha value is -3.95. The predicted molar refractivity (Wildman–Crippen MR) is 162 cm³/mol. The maximum Gasteiger partial charge on any atom is 0.236 e. The van der Waals surface area contributed by atoms with Gasteiger partial charge in [0.1, 0.15) is 16.6 Å². The van der Waals surface area contributed by atoms with Crippen LogP contribution in [0.1, 0.15) is 71.5 Å². The molecular weight excluding hydrogens is 568 g/mol. The summed E-state index contributed by atoms with van der Waals surface area (Å²) in [5.74, 6) is 1.72. The van der Waals surface area contributed by atoms with E-state index in [0.29, 0.717) is 18.6 Å². The minimum Gasteiger partial charge on any atom is -0.480 e. The van der Waals surface area contributed by atoms with Crippen LogP contribution in [0, 0.1) is 0 Å². The number of ether oxygens (including phenoxy) is 2. The van der Waals surface area contributed by atoms with Crippen molar-refractivity contribution in [2.45, 2.75) is 56.6 Å². The van der Waals surface area contributed by atoms with Gasteiger partial charge in [0.15, 0.2) is 17.8 Å². The lowest BCUT2D eigenvalue weighted by atomic mass is 9.96. The summed E-state index contributed by atoms with van der Waals surface area (Å²) in [6.45, 7) is 2.89. The number of oxazole rings is 1. The van der Waals surface area contributed by atoms with E-state index in [4.69, 9.17) is 30.5 Å². The van der Waals surface area contributed by atoms with E-state index in [-0.39, 0.29) is 40.4 Å². The zero-order valence-corrected chi connectivity index (χ0v) is 24.7. The second kappa shape index (κ2) is 11.6. The molecule has 2 saturated heterocycles. The first-order valence-corrected chi connectivity index (χ1v) is 15.3. The fourth-order valence-corrected chi connectivity index (χ4v) is 6.92. The molecule has 2 atom stereocenters. The van der Waals surface area contributed by atoms with Crippen molar-refractivity contribution in [3.8, 4) is 22.9 Å². The average Bonchev–Trinajstić information content (AvgIpc) is 3.76. The first-order chi connectivity index (χ1) is 21.0. The van der Waals surface area contributed by atoms with Gasteiger partial charge in [-0.2, -0.15) is 4.98 Å². The normalized spacial score (nSPS) is 20.7. The summed E-state index contributed by atoms with van der Waals surface area (Å²) in [4.78, 5) is 34.6. The number of carbonyl (C=O) groups is 2. The molecule has 2 aliphatic heterocycles. The number of hydrogen-bond acceptors (Lipinski definition) is 8. The van der Waals surface area contributed by atoms with Crippen LogP contribution in [-0.2, 0) is 11.2 Å². The minimum atomic E-state index is -0.218. The number of fused-ring (bicyclic) bond motifs is 2. The lowest BCUT2D eigenvalue weighted by Gasteiger charge is -2.32. The molecule has 0 spiro atoms. The molecule has 9 nitrogen and oxygen atoms in total. The Morgan fingerprint density at radius 2 is 1.93 bits per heavy atom. The fraction of sp³-hybridized carbons (Fsp3) is 0.394. The Bertz CT molecular complexity index is 1700. The van der Waals surface area contributed by atoms with E-state index in [0.717, 1.165) is 85.4 Å². The Balaban J connectivity index is 1.07. The predicted octanol–water partition coefficient (Wildman–Crippen LogP) is 5.89. The first kappa shape index (κ1) is 27.9. The number of nitrogens with one attached hydrogen (secondary N) is 1. The van der Waals surface area contributed by atoms with Gasteiger partial charge in [0, 0.05) is 24.9 Å². The number of pyridine rings is 1. The van der Waals surface area contributed by atoms with Crippen LogP contribution >= 0.6 is 11.6 Å². The Kier molecular flexibility index (Phi) is 7.53. The van der Waals surface area contributed by atoms with Crippen LogP contribution in [0.3, 0.4) is 0 Å². The number of rotatable bonds is 8. The summed E-state index contributed by atoms with van der Waals surface area (Å²) < 4.78 is 17.8. The molecule has 3 aliphatic rings. The van der Waals surface area contributed by atoms with Crippen LogP contribution in [-0.4, -0.2) is 59.8 Å². The number of benzene rings is 2. The molecule has 1 aliphatic carbocycles. The van der Waals surface area contributed by atoms with Gasteiger partial charge in [-0.15, -0.1) is 0 Å². The number of carbonyl (C=O) groups excluding carboxylic acids is 2. The van der Waals surface area contributed by atoms with Gasteiger partial charge in [-0.05, 0) is 85.6 Å². The SMILES string of the molecule is COc1nc(O[C@H]2CCc3c(-c4ccc5oc(C6CCN(C[C@@H]7CCC(=O)N7)CC6)nc5c4)cccc32)c(Cl)cc1C=O. The van der Waals surface area contributed by atoms with Crippen molar-refractivity contribution in [2.75, 3.05) is 26.7 Å². The highest BCUT2D eigenvalue weighted by atomic mass is 35.5. The standard InChI is InChI=1S/C33H33ClN4O5/c1-41-31-21(18-39)15-26(34)33(37-31)42-28-9-7-24-23(3-2-4-25(24)28)20-5-8-29-27(16-20)36-32(43-29)19-11-13-38(14-12-19)17-22-6-10-30(40)35-22/h2-5,8,15-16,18-19,22,28H,6-7,9-14,17H2,1H3,(H,35,40)/t22-,28-/m0/s1. The van der Waals surface area contributed by atoms with E-state index in [1.807, 2.05) is 12.1 Å². The number of piperidine rings is 1. The van der Waals surface area contributed by atoms with Gasteiger partial charge < -0.3 is 24.1 Å². The third-order valence-electron chi connectivity index (χ3n) is 8.94. The minimum absolute atomic E-state index is 0.171. The van der Waals surface area contributed by atoms with Gasteiger partial charge in [0.05, 0.1) is 12.7 Å². The highest BCUT2D eigenvalue weighted by Crippen LogP contribution is 2.42. The van der Waals surface area contributed by atoms with E-state index in [2.05, 4.69) is 39.5 Å². The number of aldehydes is 1. The van der Waals surface area contributed by atoms with Crippen molar-refractivity contribution in [3.05, 3.63) is 70.1 Å². The number of methoxy groups -OCH3 is 1. The van der Waals surface area contributed by atoms with Crippen molar-refractivity contribution in [1.29, 1.82) is 0 Å². The molecule has 7 rings (SSSR count). The third-order valence-corrected chi connectivity index (χ3v) is 9.21. The van der Waals surface area contributed by atoms with Crippen molar-refractivity contribution < 1.29 is 23.5 Å². The summed E-state index contributed by atoms with van der Waals surface area (Å²) in [5, 5.41) is 3.35. The maximum absolute atomic E-state index is 11.5. The van der Waals surface area contributed by atoms with Crippen molar-refractivity contribution in [1.82, 2.24) is 20.2 Å². The molecule has 0 saturated carbocycles. The van der Waals surface area contributed by atoms with Crippen LogP contribution in [0.25, 0.3) is 22.2 Å². The molecule has 2 fully saturated rings. The number of nitrogens with zero attached hydrogens (tertiary/aromatic N) is 3. The monoisotopic (exact) mass is 600 g/mol. The number of hydrogen-bond donors (Lipinski definition) is 1. The summed E-state index contributed by atoms with van der Waals surface area (Å²) in [6.07, 6.45) is 5.65. The van der Waals surface area contributed by atoms with Gasteiger partial charge in [-0.1, -0.05) is 35.9 Å². The zero-order chi connectivity index (χ0) is 29.5. The van der Waals surface area contributed by atoms with Crippen LogP contribution in [0.5, 0.6) is 11.8 Å². The molecule has 0 unspecified atom stereocenters. The van der Waals surface area contributed by atoms with Crippen LogP contribution in [0.2, 0.25) is 5.02 Å². The van der Waals surface area contributed by atoms with Gasteiger partial charge in [0.25, 0.3) is 0 Å². The summed E-state index contributed by atoms with van der Waals surface area (Å²) in [7, 11) is 1.46. The molecular formula is C33H33ClN4O5. The number of amides is 1. The van der Waals surface area contributed by atoms with E-state index >= 15 is 0 Å². The molecule has 0 radical (unpaired) electrons. The molecule has 10 heteroatoms. The quantitative estimate of drug-likeness (QED) is 0.250. The number of halogens is 1. The molecule has 4 aromatic rings. The van der Waals surface area contributed by atoms with E-state index in [9.17, 15) is 9.59 Å². The highest BCUT2D eigenvalue weighted by molar-refractivity contribution is 6.32. The Morgan fingerprint density at radius 3 is 2.70 bits per heavy atom. The molecule has 2 aromatic carbocycles. The molecule has 1 N–H and O–H groups in total. The third kappa shape index (κ3) is 5.47. The van der Waals surface area contributed by atoms with E-state index in [1.54, 1.807) is 0 Å². The van der Waals surface area contributed by atoms with Crippen molar-refractivity contribution >= 4 is 34.9 Å². The molecule has 222 valence electrons. The number of likely N-dealkylation sites (tertiary alicyclic amines) is 1. The summed E-state index contributed by atoms with van der Waals surface area (Å²) in [5.41, 5.74) is 6.51. The average molecular weight is 601 g/mol. The summed E-state index contributed by atoms with van der Waals surface area (Å²) >= 11 is 6.40. The smallest absolute Gasteiger partial charge is 0.236 e. The summed E-state index contributed by atoms with van der Waals surface area (Å²) in [6, 6.07) is 14.3. The van der Waals surface area contributed by atoms with Gasteiger partial charge in [-0.25, -0.2) is 4.98 Å². The van der Waals surface area contributed by atoms with Crippen LogP contribution in [0.15, 0.2) is 46.9 Å². The Labute approximate surface area is 254 Å². The van der Waals surface area contributed by atoms with Crippen LogP contribution < -0.4 is 14.8 Å². The maximum atomic E-state index is 11.5. The largest absolute Gasteiger partial charge is 0.480 e. The Morgan fingerprint density at radius 1 is 1.07 bits per heavy atom. The van der Waals surface area contributed by atoms with Crippen molar-refractivity contribution in [3.63, 3.8) is 0 Å². The molecule has 2 aromatic heterocycles.